The molecule has 1 saturated heterocycles. The van der Waals surface area contributed by atoms with Crippen LogP contribution in [0.3, 0.4) is 0 Å². The number of hydrogen-bond acceptors (Lipinski definition) is 5. The fourth-order valence-corrected chi connectivity index (χ4v) is 2.26. The number of esters is 1. The van der Waals surface area contributed by atoms with E-state index in [0.29, 0.717) is 32.8 Å². The van der Waals surface area contributed by atoms with Gasteiger partial charge in [0.05, 0.1) is 19.3 Å². The van der Waals surface area contributed by atoms with Crippen molar-refractivity contribution in [3.8, 4) is 0 Å². The lowest BCUT2D eigenvalue weighted by molar-refractivity contribution is -0.143. The summed E-state index contributed by atoms with van der Waals surface area (Å²) in [5, 5.41) is 6.40. The molecule has 1 heterocycles. The maximum absolute atomic E-state index is 11.2. The zero-order valence-electron chi connectivity index (χ0n) is 14.4. The molecule has 1 aliphatic rings. The summed E-state index contributed by atoms with van der Waals surface area (Å²) in [6.07, 6.45) is 4.61. The van der Waals surface area contributed by atoms with Gasteiger partial charge in [0.25, 0.3) is 0 Å². The smallest absolute Gasteiger partial charge is 0.305 e. The van der Waals surface area contributed by atoms with Crippen LogP contribution in [-0.2, 0) is 19.0 Å². The molecule has 0 radical (unpaired) electrons. The van der Waals surface area contributed by atoms with Crippen molar-refractivity contribution in [3.05, 3.63) is 0 Å². The summed E-state index contributed by atoms with van der Waals surface area (Å²) in [4.78, 5) is 15.3. The predicted molar refractivity (Wildman–Crippen MR) is 89.6 cm³/mol. The van der Waals surface area contributed by atoms with Crippen LogP contribution in [-0.4, -0.2) is 64.6 Å². The highest BCUT2D eigenvalue weighted by molar-refractivity contribution is 5.79. The quantitative estimate of drug-likeness (QED) is 0.255. The van der Waals surface area contributed by atoms with Gasteiger partial charge in [-0.15, -0.1) is 0 Å². The Morgan fingerprint density at radius 2 is 2.09 bits per heavy atom. The summed E-state index contributed by atoms with van der Waals surface area (Å²) in [5.74, 6) is 0.591. The third-order valence-electron chi connectivity index (χ3n) is 3.46. The molecule has 7 heteroatoms. The van der Waals surface area contributed by atoms with Gasteiger partial charge in [-0.2, -0.15) is 0 Å². The Balaban J connectivity index is 1.93. The lowest BCUT2D eigenvalue weighted by Crippen LogP contribution is -2.38. The number of ether oxygens (including phenoxy) is 3. The number of guanidine groups is 1. The van der Waals surface area contributed by atoms with E-state index in [-0.39, 0.29) is 12.1 Å². The Morgan fingerprint density at radius 3 is 2.74 bits per heavy atom. The van der Waals surface area contributed by atoms with Crippen LogP contribution < -0.4 is 10.6 Å². The third-order valence-corrected chi connectivity index (χ3v) is 3.46. The van der Waals surface area contributed by atoms with Gasteiger partial charge in [-0.05, 0) is 32.6 Å². The fourth-order valence-electron chi connectivity index (χ4n) is 2.26. The number of hydrogen-bond donors (Lipinski definition) is 2. The van der Waals surface area contributed by atoms with Crippen LogP contribution in [0.5, 0.6) is 0 Å². The molecule has 1 fully saturated rings. The number of carbonyl (C=O) groups excluding carboxylic acids is 1. The molecule has 0 aromatic carbocycles. The summed E-state index contributed by atoms with van der Waals surface area (Å²) < 4.78 is 16.0. The van der Waals surface area contributed by atoms with Crippen molar-refractivity contribution in [1.82, 2.24) is 10.6 Å². The van der Waals surface area contributed by atoms with Crippen molar-refractivity contribution in [2.45, 2.75) is 45.1 Å². The van der Waals surface area contributed by atoms with E-state index in [9.17, 15) is 4.79 Å². The van der Waals surface area contributed by atoms with E-state index in [4.69, 9.17) is 14.2 Å². The van der Waals surface area contributed by atoms with Gasteiger partial charge >= 0.3 is 5.97 Å². The molecule has 0 amide bonds. The van der Waals surface area contributed by atoms with Crippen LogP contribution in [0.4, 0.5) is 0 Å². The molecule has 0 saturated carbocycles. The lowest BCUT2D eigenvalue weighted by atomic mass is 10.2. The van der Waals surface area contributed by atoms with Crippen LogP contribution >= 0.6 is 0 Å². The highest BCUT2D eigenvalue weighted by atomic mass is 16.5. The van der Waals surface area contributed by atoms with E-state index in [1.165, 1.54) is 0 Å². The second kappa shape index (κ2) is 13.1. The second-order valence-corrected chi connectivity index (χ2v) is 5.40. The zero-order chi connectivity index (χ0) is 16.8. The van der Waals surface area contributed by atoms with Crippen molar-refractivity contribution < 1.29 is 19.0 Å². The molecule has 1 unspecified atom stereocenters. The van der Waals surface area contributed by atoms with Crippen LogP contribution in [0.25, 0.3) is 0 Å². The Bertz CT molecular complexity index is 344. The van der Waals surface area contributed by atoms with Gasteiger partial charge in [0, 0.05) is 39.8 Å². The minimum Gasteiger partial charge on any atom is -0.466 e. The van der Waals surface area contributed by atoms with Gasteiger partial charge in [-0.3, -0.25) is 9.79 Å². The van der Waals surface area contributed by atoms with E-state index >= 15 is 0 Å². The van der Waals surface area contributed by atoms with Gasteiger partial charge in [-0.25, -0.2) is 0 Å². The highest BCUT2D eigenvalue weighted by Crippen LogP contribution is 2.11. The van der Waals surface area contributed by atoms with Crippen molar-refractivity contribution in [2.24, 2.45) is 4.99 Å². The van der Waals surface area contributed by atoms with Gasteiger partial charge < -0.3 is 24.8 Å². The summed E-state index contributed by atoms with van der Waals surface area (Å²) >= 11 is 0. The van der Waals surface area contributed by atoms with Gasteiger partial charge in [0.15, 0.2) is 5.96 Å². The SMILES string of the molecule is CCOC(=O)CCCNC(=NC)NCCCOCC1CCCO1. The summed E-state index contributed by atoms with van der Waals surface area (Å²) in [5.41, 5.74) is 0. The van der Waals surface area contributed by atoms with E-state index in [0.717, 1.165) is 44.8 Å². The molecule has 1 aliphatic heterocycles. The monoisotopic (exact) mass is 329 g/mol. The molecule has 0 spiro atoms. The standard InChI is InChI=1S/C16H31N3O4/c1-3-22-15(20)8-4-9-18-16(17-2)19-10-6-11-21-13-14-7-5-12-23-14/h14H,3-13H2,1-2H3,(H2,17,18,19). The van der Waals surface area contributed by atoms with Crippen molar-refractivity contribution in [2.75, 3.05) is 46.6 Å². The number of rotatable bonds is 11. The minimum atomic E-state index is -0.152. The second-order valence-electron chi connectivity index (χ2n) is 5.40. The van der Waals surface area contributed by atoms with Gasteiger partial charge in [0.2, 0.25) is 0 Å². The largest absolute Gasteiger partial charge is 0.466 e. The van der Waals surface area contributed by atoms with Crippen molar-refractivity contribution >= 4 is 11.9 Å². The fraction of sp³-hybridized carbons (Fsp3) is 0.875. The Kier molecular flexibility index (Phi) is 11.3. The molecule has 0 aromatic heterocycles. The van der Waals surface area contributed by atoms with E-state index < -0.39 is 0 Å². The maximum atomic E-state index is 11.2. The molecule has 23 heavy (non-hydrogen) atoms. The molecule has 1 rings (SSSR count). The minimum absolute atomic E-state index is 0.152. The Morgan fingerprint density at radius 1 is 1.30 bits per heavy atom. The molecule has 2 N–H and O–H groups in total. The summed E-state index contributed by atoms with van der Waals surface area (Å²) in [7, 11) is 1.73. The van der Waals surface area contributed by atoms with Crippen LogP contribution in [0.1, 0.15) is 39.0 Å². The maximum Gasteiger partial charge on any atom is 0.305 e. The Labute approximate surface area is 139 Å². The first-order valence-corrected chi connectivity index (χ1v) is 8.55. The van der Waals surface area contributed by atoms with Gasteiger partial charge in [0.1, 0.15) is 0 Å². The normalized spacial score (nSPS) is 18.0. The van der Waals surface area contributed by atoms with Crippen LogP contribution in [0.15, 0.2) is 4.99 Å². The first-order chi connectivity index (χ1) is 11.3. The molecule has 7 nitrogen and oxygen atoms in total. The molecule has 134 valence electrons. The molecule has 0 aliphatic carbocycles. The predicted octanol–water partition coefficient (Wildman–Crippen LogP) is 1.08. The van der Waals surface area contributed by atoms with Gasteiger partial charge in [-0.1, -0.05) is 0 Å². The third kappa shape index (κ3) is 10.1. The van der Waals surface area contributed by atoms with E-state index in [2.05, 4.69) is 15.6 Å². The van der Waals surface area contributed by atoms with E-state index in [1.807, 2.05) is 6.92 Å². The first-order valence-electron chi connectivity index (χ1n) is 8.55. The number of carbonyl (C=O) groups is 1. The topological polar surface area (TPSA) is 81.2 Å². The number of aliphatic imine (C=N–C) groups is 1. The Hall–Kier alpha value is -1.34. The number of nitrogens with zero attached hydrogens (tertiary/aromatic N) is 1. The molecular weight excluding hydrogens is 298 g/mol. The molecule has 0 aromatic rings. The molecular formula is C16H31N3O4. The average Bonchev–Trinajstić information content (AvgIpc) is 3.06. The van der Waals surface area contributed by atoms with E-state index in [1.54, 1.807) is 7.05 Å². The summed E-state index contributed by atoms with van der Waals surface area (Å²) in [6, 6.07) is 0. The first kappa shape index (κ1) is 19.7. The van der Waals surface area contributed by atoms with Crippen molar-refractivity contribution in [3.63, 3.8) is 0 Å². The highest BCUT2D eigenvalue weighted by Gasteiger charge is 2.14. The summed E-state index contributed by atoms with van der Waals surface area (Å²) in [6.45, 7) is 6.01. The number of nitrogens with one attached hydrogen (secondary N) is 2. The van der Waals surface area contributed by atoms with Crippen LogP contribution in [0, 0.1) is 0 Å². The van der Waals surface area contributed by atoms with Crippen LogP contribution in [0.2, 0.25) is 0 Å². The average molecular weight is 329 g/mol. The zero-order valence-corrected chi connectivity index (χ0v) is 14.4. The molecule has 0 bridgehead atoms. The van der Waals surface area contributed by atoms with Crippen molar-refractivity contribution in [1.29, 1.82) is 0 Å². The molecule has 1 atom stereocenters. The lowest BCUT2D eigenvalue weighted by Gasteiger charge is -2.13.